The molecule has 1 aliphatic rings. The summed E-state index contributed by atoms with van der Waals surface area (Å²) in [6.07, 6.45) is 2.52. The molecule has 1 aliphatic carbocycles. The molecule has 0 aliphatic heterocycles. The molecule has 0 aromatic carbocycles. The lowest BCUT2D eigenvalue weighted by molar-refractivity contribution is -0.141. The highest BCUT2D eigenvalue weighted by Crippen LogP contribution is 2.28. The SMILES string of the molecule is COC1CCC(NC(=O)c2cc(C(F)(F)F)nc(-n3ccnc3)n2)CC1. The Kier molecular flexibility index (Phi) is 5.21. The number of carbonyl (C=O) groups is 1. The average molecular weight is 369 g/mol. The number of amides is 1. The molecule has 1 amide bonds. The van der Waals surface area contributed by atoms with E-state index in [9.17, 15) is 18.0 Å². The number of ether oxygens (including phenoxy) is 1. The Bertz CT molecular complexity index is 756. The first kappa shape index (κ1) is 18.3. The molecular weight excluding hydrogens is 351 g/mol. The minimum atomic E-state index is -4.69. The standard InChI is InChI=1S/C16H18F3N5O2/c1-26-11-4-2-10(3-5-11)21-14(25)12-8-13(16(17,18)19)23-15(22-12)24-7-6-20-9-24/h6-11H,2-5H2,1H3,(H,21,25). The van der Waals surface area contributed by atoms with Crippen LogP contribution in [0.4, 0.5) is 13.2 Å². The van der Waals surface area contributed by atoms with Crippen molar-refractivity contribution in [3.63, 3.8) is 0 Å². The Morgan fingerprint density at radius 3 is 2.58 bits per heavy atom. The van der Waals surface area contributed by atoms with Gasteiger partial charge in [0.1, 0.15) is 12.0 Å². The molecule has 0 saturated heterocycles. The van der Waals surface area contributed by atoms with Crippen LogP contribution in [0.25, 0.3) is 5.95 Å². The molecule has 0 spiro atoms. The van der Waals surface area contributed by atoms with E-state index < -0.39 is 17.8 Å². The van der Waals surface area contributed by atoms with Crippen molar-refractivity contribution in [3.05, 3.63) is 36.2 Å². The Hall–Kier alpha value is -2.49. The minimum absolute atomic E-state index is 0.116. The molecule has 0 atom stereocenters. The van der Waals surface area contributed by atoms with Crippen LogP contribution in [0.2, 0.25) is 0 Å². The Morgan fingerprint density at radius 2 is 2.00 bits per heavy atom. The Labute approximate surface area is 147 Å². The second kappa shape index (κ2) is 7.40. The van der Waals surface area contributed by atoms with Gasteiger partial charge in [0.25, 0.3) is 5.91 Å². The van der Waals surface area contributed by atoms with Gasteiger partial charge in [-0.2, -0.15) is 13.2 Å². The third kappa shape index (κ3) is 4.18. The van der Waals surface area contributed by atoms with Gasteiger partial charge in [0.2, 0.25) is 5.95 Å². The molecule has 0 bridgehead atoms. The fourth-order valence-corrected chi connectivity index (χ4v) is 2.89. The number of hydrogen-bond donors (Lipinski definition) is 1. The van der Waals surface area contributed by atoms with E-state index >= 15 is 0 Å². The molecule has 0 unspecified atom stereocenters. The highest BCUT2D eigenvalue weighted by molar-refractivity contribution is 5.92. The highest BCUT2D eigenvalue weighted by atomic mass is 19.4. The summed E-state index contributed by atoms with van der Waals surface area (Å²) in [7, 11) is 1.64. The number of rotatable bonds is 4. The van der Waals surface area contributed by atoms with Gasteiger partial charge in [-0.1, -0.05) is 0 Å². The number of carbonyl (C=O) groups excluding carboxylic acids is 1. The van der Waals surface area contributed by atoms with E-state index in [1.54, 1.807) is 7.11 Å². The van der Waals surface area contributed by atoms with E-state index in [2.05, 4.69) is 20.3 Å². The smallest absolute Gasteiger partial charge is 0.381 e. The first-order chi connectivity index (χ1) is 12.4. The molecule has 1 fully saturated rings. The zero-order valence-electron chi connectivity index (χ0n) is 14.0. The van der Waals surface area contributed by atoms with E-state index in [1.807, 2.05) is 0 Å². The summed E-state index contributed by atoms with van der Waals surface area (Å²) < 4.78 is 45.9. The average Bonchev–Trinajstić information content (AvgIpc) is 3.16. The van der Waals surface area contributed by atoms with Gasteiger partial charge in [0.15, 0.2) is 5.69 Å². The van der Waals surface area contributed by atoms with E-state index in [4.69, 9.17) is 4.74 Å². The topological polar surface area (TPSA) is 81.9 Å². The highest BCUT2D eigenvalue weighted by Gasteiger charge is 2.35. The molecule has 3 rings (SSSR count). The van der Waals surface area contributed by atoms with Crippen LogP contribution >= 0.6 is 0 Å². The number of aromatic nitrogens is 4. The summed E-state index contributed by atoms with van der Waals surface area (Å²) >= 11 is 0. The molecule has 10 heteroatoms. The number of alkyl halides is 3. The van der Waals surface area contributed by atoms with Crippen LogP contribution in [-0.2, 0) is 10.9 Å². The van der Waals surface area contributed by atoms with E-state index in [0.717, 1.165) is 12.8 Å². The summed E-state index contributed by atoms with van der Waals surface area (Å²) in [5.74, 6) is -0.911. The number of nitrogens with zero attached hydrogens (tertiary/aromatic N) is 4. The predicted molar refractivity (Wildman–Crippen MR) is 84.7 cm³/mol. The first-order valence-electron chi connectivity index (χ1n) is 8.15. The van der Waals surface area contributed by atoms with Gasteiger partial charge >= 0.3 is 6.18 Å². The lowest BCUT2D eigenvalue weighted by Gasteiger charge is -2.28. The second-order valence-corrected chi connectivity index (χ2v) is 6.09. The van der Waals surface area contributed by atoms with Crippen molar-refractivity contribution < 1.29 is 22.7 Å². The molecule has 0 radical (unpaired) electrons. The maximum Gasteiger partial charge on any atom is 0.433 e. The summed E-state index contributed by atoms with van der Waals surface area (Å²) in [6.45, 7) is 0. The van der Waals surface area contributed by atoms with Crippen molar-refractivity contribution in [2.24, 2.45) is 0 Å². The van der Waals surface area contributed by atoms with Crippen molar-refractivity contribution in [3.8, 4) is 5.95 Å². The van der Waals surface area contributed by atoms with Crippen molar-refractivity contribution in [2.45, 2.75) is 44.0 Å². The molecule has 7 nitrogen and oxygen atoms in total. The predicted octanol–water partition coefficient (Wildman–Crippen LogP) is 2.37. The van der Waals surface area contributed by atoms with Crippen molar-refractivity contribution >= 4 is 5.91 Å². The van der Waals surface area contributed by atoms with E-state index in [-0.39, 0.29) is 23.8 Å². The molecule has 1 N–H and O–H groups in total. The van der Waals surface area contributed by atoms with Crippen LogP contribution in [0, 0.1) is 0 Å². The molecular formula is C16H18F3N5O2. The lowest BCUT2D eigenvalue weighted by atomic mass is 9.93. The molecule has 140 valence electrons. The van der Waals surface area contributed by atoms with Crippen LogP contribution in [0.1, 0.15) is 41.9 Å². The zero-order chi connectivity index (χ0) is 18.7. The summed E-state index contributed by atoms with van der Waals surface area (Å²) in [4.78, 5) is 23.7. The van der Waals surface area contributed by atoms with Gasteiger partial charge in [-0.25, -0.2) is 15.0 Å². The Morgan fingerprint density at radius 1 is 1.27 bits per heavy atom. The number of hydrogen-bond acceptors (Lipinski definition) is 5. The van der Waals surface area contributed by atoms with Crippen LogP contribution in [0.5, 0.6) is 0 Å². The molecule has 2 aromatic heterocycles. The molecule has 2 heterocycles. The quantitative estimate of drug-likeness (QED) is 0.895. The summed E-state index contributed by atoms with van der Waals surface area (Å²) in [5, 5.41) is 2.75. The van der Waals surface area contributed by atoms with Gasteiger partial charge < -0.3 is 10.1 Å². The van der Waals surface area contributed by atoms with Gasteiger partial charge in [-0.3, -0.25) is 9.36 Å². The van der Waals surface area contributed by atoms with Crippen LogP contribution < -0.4 is 5.32 Å². The number of halogens is 3. The number of methoxy groups -OCH3 is 1. The van der Waals surface area contributed by atoms with Crippen molar-refractivity contribution in [2.75, 3.05) is 7.11 Å². The van der Waals surface area contributed by atoms with Crippen LogP contribution in [0.15, 0.2) is 24.8 Å². The third-order valence-corrected chi connectivity index (χ3v) is 4.32. The maximum absolute atomic E-state index is 13.1. The maximum atomic E-state index is 13.1. The number of nitrogens with one attached hydrogen (secondary N) is 1. The lowest BCUT2D eigenvalue weighted by Crippen LogP contribution is -2.39. The Balaban J connectivity index is 1.82. The normalized spacial score (nSPS) is 20.8. The van der Waals surface area contributed by atoms with Crippen molar-refractivity contribution in [1.82, 2.24) is 24.8 Å². The van der Waals surface area contributed by atoms with Crippen LogP contribution in [-0.4, -0.2) is 44.7 Å². The van der Waals surface area contributed by atoms with Crippen molar-refractivity contribution in [1.29, 1.82) is 0 Å². The second-order valence-electron chi connectivity index (χ2n) is 6.09. The molecule has 1 saturated carbocycles. The van der Waals surface area contributed by atoms with Gasteiger partial charge in [-0.15, -0.1) is 0 Å². The first-order valence-corrected chi connectivity index (χ1v) is 8.15. The molecule has 2 aromatic rings. The monoisotopic (exact) mass is 369 g/mol. The fraction of sp³-hybridized carbons (Fsp3) is 0.500. The van der Waals surface area contributed by atoms with Gasteiger partial charge in [0.05, 0.1) is 6.10 Å². The van der Waals surface area contributed by atoms with Gasteiger partial charge in [-0.05, 0) is 25.7 Å². The zero-order valence-corrected chi connectivity index (χ0v) is 14.0. The summed E-state index contributed by atoms with van der Waals surface area (Å²) in [5.41, 5.74) is -1.51. The fourth-order valence-electron chi connectivity index (χ4n) is 2.89. The molecule has 26 heavy (non-hydrogen) atoms. The third-order valence-electron chi connectivity index (χ3n) is 4.32. The van der Waals surface area contributed by atoms with Crippen LogP contribution in [0.3, 0.4) is 0 Å². The summed E-state index contributed by atoms with van der Waals surface area (Å²) in [6, 6.07) is 0.547. The number of imidazole rings is 1. The minimum Gasteiger partial charge on any atom is -0.381 e. The van der Waals surface area contributed by atoms with E-state index in [0.29, 0.717) is 18.9 Å². The van der Waals surface area contributed by atoms with Gasteiger partial charge in [0, 0.05) is 31.6 Å². The van der Waals surface area contributed by atoms with E-state index in [1.165, 1.54) is 23.3 Å². The largest absolute Gasteiger partial charge is 0.433 e.